The van der Waals surface area contributed by atoms with Gasteiger partial charge in [0, 0.05) is 23.5 Å². The van der Waals surface area contributed by atoms with Crippen molar-refractivity contribution in [3.05, 3.63) is 53.6 Å². The molecule has 178 valence electrons. The van der Waals surface area contributed by atoms with Gasteiger partial charge in [0.2, 0.25) is 11.9 Å². The van der Waals surface area contributed by atoms with Gasteiger partial charge in [0.25, 0.3) is 0 Å². The van der Waals surface area contributed by atoms with Gasteiger partial charge < -0.3 is 15.4 Å². The summed E-state index contributed by atoms with van der Waals surface area (Å²) in [6.45, 7) is -0.229. The highest BCUT2D eigenvalue weighted by Crippen LogP contribution is 2.33. The van der Waals surface area contributed by atoms with E-state index in [0.717, 1.165) is 18.9 Å². The zero-order valence-electron chi connectivity index (χ0n) is 17.7. The topological polar surface area (TPSA) is 111 Å². The van der Waals surface area contributed by atoms with Gasteiger partial charge in [-0.15, -0.1) is 5.10 Å². The van der Waals surface area contributed by atoms with Crippen LogP contribution in [0.25, 0.3) is 11.4 Å². The molecule has 1 aliphatic carbocycles. The third kappa shape index (κ3) is 5.30. The molecule has 2 heterocycles. The number of halogens is 4. The number of hydrogen-bond donors (Lipinski definition) is 2. The van der Waals surface area contributed by atoms with Crippen molar-refractivity contribution in [3.63, 3.8) is 0 Å². The Morgan fingerprint density at radius 3 is 2.65 bits per heavy atom. The molecular weight excluding hydrogens is 460 g/mol. The lowest BCUT2D eigenvalue weighted by molar-refractivity contribution is -0.140. The number of alkyl halides is 3. The van der Waals surface area contributed by atoms with Crippen LogP contribution >= 0.6 is 0 Å². The van der Waals surface area contributed by atoms with E-state index in [1.165, 1.54) is 30.1 Å². The Morgan fingerprint density at radius 1 is 1.21 bits per heavy atom. The molecule has 0 bridgehead atoms. The molecule has 1 fully saturated rings. The second kappa shape index (κ2) is 9.08. The number of pyridine rings is 1. The lowest BCUT2D eigenvalue weighted by atomic mass is 10.2. The average Bonchev–Trinajstić information content (AvgIpc) is 3.52. The van der Waals surface area contributed by atoms with Crippen LogP contribution in [0, 0.1) is 5.82 Å². The number of ether oxygens (including phenoxy) is 1. The summed E-state index contributed by atoms with van der Waals surface area (Å²) in [6.07, 6.45) is -1.79. The molecule has 9 nitrogen and oxygen atoms in total. The van der Waals surface area contributed by atoms with Crippen molar-refractivity contribution in [1.29, 1.82) is 0 Å². The standard InChI is InChI=1S/C21H18F4N6O3/c1-34-19(33)16-8-11(6-7-26-16)18-29-20(30-31(18)10-17(32)27-12-2-3-12)28-13-4-5-15(22)14(9-13)21(23,24)25/h4-9,12H,2-3,10H2,1H3,(H,27,32)(H,28,30). The Labute approximate surface area is 190 Å². The fourth-order valence-electron chi connectivity index (χ4n) is 3.09. The summed E-state index contributed by atoms with van der Waals surface area (Å²) >= 11 is 0. The molecule has 0 spiro atoms. The van der Waals surface area contributed by atoms with Crippen LogP contribution in [0.15, 0.2) is 36.5 Å². The average molecular weight is 478 g/mol. The highest BCUT2D eigenvalue weighted by molar-refractivity contribution is 5.88. The van der Waals surface area contributed by atoms with E-state index in [-0.39, 0.29) is 41.6 Å². The fraction of sp³-hybridized carbons (Fsp3) is 0.286. The number of anilines is 2. The van der Waals surface area contributed by atoms with E-state index in [1.54, 1.807) is 0 Å². The predicted octanol–water partition coefficient (Wildman–Crippen LogP) is 3.31. The van der Waals surface area contributed by atoms with E-state index in [0.29, 0.717) is 17.7 Å². The highest BCUT2D eigenvalue weighted by Gasteiger charge is 2.34. The largest absolute Gasteiger partial charge is 0.464 e. The van der Waals surface area contributed by atoms with Gasteiger partial charge in [0.1, 0.15) is 18.1 Å². The first-order valence-corrected chi connectivity index (χ1v) is 10.1. The number of methoxy groups -OCH3 is 1. The maximum Gasteiger partial charge on any atom is 0.419 e. The third-order valence-electron chi connectivity index (χ3n) is 4.85. The Kier molecular flexibility index (Phi) is 6.18. The molecule has 34 heavy (non-hydrogen) atoms. The first-order chi connectivity index (χ1) is 16.1. The minimum Gasteiger partial charge on any atom is -0.464 e. The van der Waals surface area contributed by atoms with Crippen LogP contribution in [0.2, 0.25) is 0 Å². The van der Waals surface area contributed by atoms with Gasteiger partial charge in [-0.3, -0.25) is 4.79 Å². The van der Waals surface area contributed by atoms with Crippen molar-refractivity contribution in [3.8, 4) is 11.4 Å². The molecule has 0 unspecified atom stereocenters. The second-order valence-corrected chi connectivity index (χ2v) is 7.50. The van der Waals surface area contributed by atoms with E-state index in [2.05, 4.69) is 30.4 Å². The van der Waals surface area contributed by atoms with E-state index in [4.69, 9.17) is 0 Å². The summed E-state index contributed by atoms with van der Waals surface area (Å²) in [7, 11) is 1.20. The number of rotatable bonds is 7. The zero-order chi connectivity index (χ0) is 24.5. The number of carbonyl (C=O) groups excluding carboxylic acids is 2. The molecule has 1 amide bonds. The summed E-state index contributed by atoms with van der Waals surface area (Å²) in [6, 6.07) is 5.38. The van der Waals surface area contributed by atoms with Crippen molar-refractivity contribution in [1.82, 2.24) is 25.1 Å². The van der Waals surface area contributed by atoms with Crippen LogP contribution < -0.4 is 10.6 Å². The number of aromatic nitrogens is 4. The molecule has 4 rings (SSSR count). The summed E-state index contributed by atoms with van der Waals surface area (Å²) in [4.78, 5) is 32.4. The number of amides is 1. The number of carbonyl (C=O) groups is 2. The zero-order valence-corrected chi connectivity index (χ0v) is 17.7. The number of hydrogen-bond acceptors (Lipinski definition) is 7. The molecule has 3 aromatic rings. The summed E-state index contributed by atoms with van der Waals surface area (Å²) < 4.78 is 58.7. The summed E-state index contributed by atoms with van der Waals surface area (Å²) in [5, 5.41) is 9.59. The third-order valence-corrected chi connectivity index (χ3v) is 4.85. The molecule has 1 aromatic carbocycles. The smallest absolute Gasteiger partial charge is 0.419 e. The number of benzene rings is 1. The van der Waals surface area contributed by atoms with Gasteiger partial charge in [0.15, 0.2) is 5.82 Å². The van der Waals surface area contributed by atoms with Crippen LogP contribution in [0.5, 0.6) is 0 Å². The quantitative estimate of drug-likeness (QED) is 0.396. The van der Waals surface area contributed by atoms with Gasteiger partial charge in [0.05, 0.1) is 12.7 Å². The maximum absolute atomic E-state index is 13.6. The van der Waals surface area contributed by atoms with Gasteiger partial charge in [-0.05, 0) is 43.2 Å². The number of nitrogens with zero attached hydrogens (tertiary/aromatic N) is 4. The minimum atomic E-state index is -4.89. The fourth-order valence-corrected chi connectivity index (χ4v) is 3.09. The summed E-state index contributed by atoms with van der Waals surface area (Å²) in [5.41, 5.74) is -1.20. The van der Waals surface area contributed by atoms with Crippen LogP contribution in [-0.4, -0.2) is 44.8 Å². The van der Waals surface area contributed by atoms with Crippen LogP contribution in [0.1, 0.15) is 28.9 Å². The molecule has 0 aliphatic heterocycles. The van der Waals surface area contributed by atoms with Crippen molar-refractivity contribution in [2.75, 3.05) is 12.4 Å². The first kappa shape index (κ1) is 23.1. The van der Waals surface area contributed by atoms with Crippen molar-refractivity contribution in [2.45, 2.75) is 31.6 Å². The van der Waals surface area contributed by atoms with Gasteiger partial charge in [-0.1, -0.05) is 0 Å². The number of nitrogens with one attached hydrogen (secondary N) is 2. The Morgan fingerprint density at radius 2 is 1.97 bits per heavy atom. The van der Waals surface area contributed by atoms with Crippen molar-refractivity contribution in [2.24, 2.45) is 0 Å². The van der Waals surface area contributed by atoms with E-state index < -0.39 is 23.5 Å². The predicted molar refractivity (Wildman–Crippen MR) is 110 cm³/mol. The molecule has 1 saturated carbocycles. The number of esters is 1. The Balaban J connectivity index is 1.68. The minimum absolute atomic E-state index is 0.0140. The molecule has 2 aromatic heterocycles. The first-order valence-electron chi connectivity index (χ1n) is 10.1. The molecule has 0 radical (unpaired) electrons. The van der Waals surface area contributed by atoms with Crippen LogP contribution in [0.3, 0.4) is 0 Å². The summed E-state index contributed by atoms with van der Waals surface area (Å²) in [5.74, 6) is -2.42. The van der Waals surface area contributed by atoms with Crippen molar-refractivity contribution < 1.29 is 31.9 Å². The van der Waals surface area contributed by atoms with E-state index >= 15 is 0 Å². The van der Waals surface area contributed by atoms with E-state index in [1.807, 2.05) is 0 Å². The van der Waals surface area contributed by atoms with E-state index in [9.17, 15) is 27.2 Å². The highest BCUT2D eigenvalue weighted by atomic mass is 19.4. The molecule has 1 aliphatic rings. The Hall–Kier alpha value is -4.03. The molecule has 0 atom stereocenters. The molecular formula is C21H18F4N6O3. The SMILES string of the molecule is COC(=O)c1cc(-c2nc(Nc3ccc(F)c(C(F)(F)F)c3)nn2CC(=O)NC2CC2)ccn1. The maximum atomic E-state index is 13.6. The van der Waals surface area contributed by atoms with Crippen LogP contribution in [-0.2, 0) is 22.3 Å². The lowest BCUT2D eigenvalue weighted by Gasteiger charge is -2.10. The second-order valence-electron chi connectivity index (χ2n) is 7.50. The van der Waals surface area contributed by atoms with Crippen molar-refractivity contribution >= 4 is 23.5 Å². The van der Waals surface area contributed by atoms with Gasteiger partial charge in [-0.25, -0.2) is 18.9 Å². The molecule has 13 heteroatoms. The normalized spacial score (nSPS) is 13.4. The molecule has 2 N–H and O–H groups in total. The lowest BCUT2D eigenvalue weighted by Crippen LogP contribution is -2.30. The van der Waals surface area contributed by atoms with Gasteiger partial charge in [-0.2, -0.15) is 18.2 Å². The monoisotopic (exact) mass is 478 g/mol. The Bertz CT molecular complexity index is 1240. The van der Waals surface area contributed by atoms with Gasteiger partial charge >= 0.3 is 12.1 Å². The molecule has 0 saturated heterocycles. The van der Waals surface area contributed by atoms with Crippen LogP contribution in [0.4, 0.5) is 29.2 Å².